The highest BCUT2D eigenvalue weighted by atomic mass is 32.1. The highest BCUT2D eigenvalue weighted by Crippen LogP contribution is 2.34. The van der Waals surface area contributed by atoms with Gasteiger partial charge in [-0.15, -0.1) is 11.3 Å². The van der Waals surface area contributed by atoms with Gasteiger partial charge in [-0.2, -0.15) is 0 Å². The Morgan fingerprint density at radius 3 is 2.71 bits per heavy atom. The standard InChI is InChI=1S/C15H16N2O3S/c1-9-3-4-11(16(9)2)14(18)17-7-5-12-10(6-8-21-12)13(17)15(19)20/h3-4,6,8,13H,5,7H2,1-2H3,(H,19,20). The minimum Gasteiger partial charge on any atom is -0.479 e. The number of amides is 1. The molecule has 1 atom stereocenters. The van der Waals surface area contributed by atoms with E-state index in [4.69, 9.17) is 0 Å². The van der Waals surface area contributed by atoms with Crippen LogP contribution in [0.4, 0.5) is 0 Å². The van der Waals surface area contributed by atoms with Crippen LogP contribution in [0.3, 0.4) is 0 Å². The molecular formula is C15H16N2O3S. The van der Waals surface area contributed by atoms with E-state index in [2.05, 4.69) is 0 Å². The summed E-state index contributed by atoms with van der Waals surface area (Å²) in [5, 5.41) is 11.4. The van der Waals surface area contributed by atoms with Crippen LogP contribution in [0, 0.1) is 6.92 Å². The second kappa shape index (κ2) is 5.04. The molecule has 2 aromatic heterocycles. The summed E-state index contributed by atoms with van der Waals surface area (Å²) in [7, 11) is 1.82. The lowest BCUT2D eigenvalue weighted by atomic mass is 9.99. The van der Waals surface area contributed by atoms with Gasteiger partial charge in [-0.25, -0.2) is 4.79 Å². The lowest BCUT2D eigenvalue weighted by Gasteiger charge is -2.33. The van der Waals surface area contributed by atoms with Crippen molar-refractivity contribution in [3.63, 3.8) is 0 Å². The molecule has 110 valence electrons. The minimum absolute atomic E-state index is 0.227. The van der Waals surface area contributed by atoms with Gasteiger partial charge in [-0.3, -0.25) is 4.79 Å². The van der Waals surface area contributed by atoms with Gasteiger partial charge in [0.05, 0.1) is 0 Å². The third-order valence-corrected chi connectivity index (χ3v) is 5.05. The average Bonchev–Trinajstić information content (AvgIpc) is 3.04. The van der Waals surface area contributed by atoms with E-state index in [1.165, 1.54) is 4.90 Å². The number of nitrogens with zero attached hydrogens (tertiary/aromatic N) is 2. The summed E-state index contributed by atoms with van der Waals surface area (Å²) in [6.45, 7) is 2.35. The molecule has 21 heavy (non-hydrogen) atoms. The van der Waals surface area contributed by atoms with Crippen LogP contribution in [0.2, 0.25) is 0 Å². The SMILES string of the molecule is Cc1ccc(C(=O)N2CCc3sccc3C2C(=O)O)n1C. The van der Waals surface area contributed by atoms with Crippen LogP contribution < -0.4 is 0 Å². The fourth-order valence-electron chi connectivity index (χ4n) is 2.78. The summed E-state index contributed by atoms with van der Waals surface area (Å²) in [5.41, 5.74) is 2.24. The number of hydrogen-bond acceptors (Lipinski definition) is 3. The predicted molar refractivity (Wildman–Crippen MR) is 79.6 cm³/mol. The number of aryl methyl sites for hydroxylation is 1. The van der Waals surface area contributed by atoms with Gasteiger partial charge >= 0.3 is 5.97 Å². The largest absolute Gasteiger partial charge is 0.479 e. The summed E-state index contributed by atoms with van der Waals surface area (Å²) in [5.74, 6) is -1.21. The molecule has 3 rings (SSSR count). The highest BCUT2D eigenvalue weighted by Gasteiger charge is 2.37. The van der Waals surface area contributed by atoms with E-state index in [9.17, 15) is 14.7 Å². The van der Waals surface area contributed by atoms with E-state index < -0.39 is 12.0 Å². The number of carboxylic acid groups (broad SMARTS) is 1. The van der Waals surface area contributed by atoms with Gasteiger partial charge in [-0.05, 0) is 42.5 Å². The molecule has 3 heterocycles. The van der Waals surface area contributed by atoms with Crippen molar-refractivity contribution in [1.29, 1.82) is 0 Å². The van der Waals surface area contributed by atoms with Crippen molar-refractivity contribution in [2.75, 3.05) is 6.54 Å². The van der Waals surface area contributed by atoms with Crippen molar-refractivity contribution in [1.82, 2.24) is 9.47 Å². The van der Waals surface area contributed by atoms with Gasteiger partial charge in [0.15, 0.2) is 6.04 Å². The topological polar surface area (TPSA) is 62.5 Å². The van der Waals surface area contributed by atoms with Crippen molar-refractivity contribution in [2.24, 2.45) is 7.05 Å². The number of rotatable bonds is 2. The summed E-state index contributed by atoms with van der Waals surface area (Å²) in [4.78, 5) is 26.9. The van der Waals surface area contributed by atoms with E-state index in [-0.39, 0.29) is 5.91 Å². The first-order valence-corrected chi connectivity index (χ1v) is 7.61. The minimum atomic E-state index is -0.978. The number of carbonyl (C=O) groups is 2. The maximum Gasteiger partial charge on any atom is 0.331 e. The summed E-state index contributed by atoms with van der Waals surface area (Å²) in [6, 6.07) is 4.54. The fraction of sp³-hybridized carbons (Fsp3) is 0.333. The lowest BCUT2D eigenvalue weighted by molar-refractivity contribution is -0.143. The molecular weight excluding hydrogens is 288 g/mol. The van der Waals surface area contributed by atoms with Crippen LogP contribution in [0.1, 0.15) is 32.7 Å². The molecule has 0 saturated heterocycles. The van der Waals surface area contributed by atoms with Gasteiger partial charge in [-0.1, -0.05) is 0 Å². The molecule has 2 aromatic rings. The van der Waals surface area contributed by atoms with Crippen LogP contribution in [0.5, 0.6) is 0 Å². The Kier molecular flexibility index (Phi) is 3.33. The highest BCUT2D eigenvalue weighted by molar-refractivity contribution is 7.10. The molecule has 1 N–H and O–H groups in total. The van der Waals surface area contributed by atoms with Gasteiger partial charge in [0.1, 0.15) is 5.69 Å². The Balaban J connectivity index is 2.00. The molecule has 1 unspecified atom stereocenters. The zero-order valence-corrected chi connectivity index (χ0v) is 12.7. The molecule has 0 spiro atoms. The van der Waals surface area contributed by atoms with Gasteiger partial charge in [0, 0.05) is 24.2 Å². The van der Waals surface area contributed by atoms with Gasteiger partial charge < -0.3 is 14.6 Å². The number of aliphatic carboxylic acids is 1. The first-order valence-electron chi connectivity index (χ1n) is 6.73. The Labute approximate surface area is 126 Å². The first-order chi connectivity index (χ1) is 10.0. The van der Waals surface area contributed by atoms with E-state index in [0.717, 1.165) is 16.1 Å². The van der Waals surface area contributed by atoms with Crippen LogP contribution in [-0.2, 0) is 18.3 Å². The molecule has 6 heteroatoms. The molecule has 0 aliphatic carbocycles. The number of carbonyl (C=O) groups excluding carboxylic acids is 1. The molecule has 0 fully saturated rings. The Morgan fingerprint density at radius 1 is 1.33 bits per heavy atom. The molecule has 0 bridgehead atoms. The smallest absolute Gasteiger partial charge is 0.331 e. The quantitative estimate of drug-likeness (QED) is 0.925. The predicted octanol–water partition coefficient (Wildman–Crippen LogP) is 2.22. The van der Waals surface area contributed by atoms with E-state index in [1.807, 2.05) is 31.5 Å². The second-order valence-electron chi connectivity index (χ2n) is 5.21. The van der Waals surface area contributed by atoms with E-state index in [1.54, 1.807) is 22.0 Å². The zero-order valence-electron chi connectivity index (χ0n) is 11.9. The van der Waals surface area contributed by atoms with Crippen LogP contribution >= 0.6 is 11.3 Å². The van der Waals surface area contributed by atoms with Gasteiger partial charge in [0.2, 0.25) is 0 Å². The van der Waals surface area contributed by atoms with E-state index >= 15 is 0 Å². The maximum atomic E-state index is 12.7. The summed E-state index contributed by atoms with van der Waals surface area (Å²) in [6.07, 6.45) is 0.714. The Bertz CT molecular complexity index is 716. The molecule has 5 nitrogen and oxygen atoms in total. The fourth-order valence-corrected chi connectivity index (χ4v) is 3.68. The molecule has 1 aliphatic rings. The monoisotopic (exact) mass is 304 g/mol. The molecule has 0 radical (unpaired) electrons. The molecule has 1 aliphatic heterocycles. The van der Waals surface area contributed by atoms with Crippen molar-refractivity contribution in [3.05, 3.63) is 45.4 Å². The Hall–Kier alpha value is -2.08. The second-order valence-corrected chi connectivity index (χ2v) is 6.21. The number of fused-ring (bicyclic) bond motifs is 1. The molecule has 0 saturated carbocycles. The average molecular weight is 304 g/mol. The van der Waals surface area contributed by atoms with Crippen LogP contribution in [-0.4, -0.2) is 33.0 Å². The third kappa shape index (κ3) is 2.15. The van der Waals surface area contributed by atoms with E-state index in [0.29, 0.717) is 18.7 Å². The number of aromatic nitrogens is 1. The number of carboxylic acids is 1. The summed E-state index contributed by atoms with van der Waals surface area (Å²) < 4.78 is 1.80. The van der Waals surface area contributed by atoms with Crippen molar-refractivity contribution in [2.45, 2.75) is 19.4 Å². The third-order valence-electron chi connectivity index (χ3n) is 4.05. The maximum absolute atomic E-state index is 12.7. The van der Waals surface area contributed by atoms with Crippen LogP contribution in [0.15, 0.2) is 23.6 Å². The summed E-state index contributed by atoms with van der Waals surface area (Å²) >= 11 is 1.56. The van der Waals surface area contributed by atoms with Crippen molar-refractivity contribution < 1.29 is 14.7 Å². The van der Waals surface area contributed by atoms with Gasteiger partial charge in [0.25, 0.3) is 5.91 Å². The number of thiophene rings is 1. The molecule has 0 aromatic carbocycles. The first kappa shape index (κ1) is 13.9. The lowest BCUT2D eigenvalue weighted by Crippen LogP contribution is -2.43. The number of hydrogen-bond donors (Lipinski definition) is 1. The zero-order chi connectivity index (χ0) is 15.1. The Morgan fingerprint density at radius 2 is 2.10 bits per heavy atom. The molecule has 1 amide bonds. The normalized spacial score (nSPS) is 17.6. The van der Waals surface area contributed by atoms with Crippen molar-refractivity contribution in [3.8, 4) is 0 Å². The van der Waals surface area contributed by atoms with Crippen LogP contribution in [0.25, 0.3) is 0 Å². The van der Waals surface area contributed by atoms with Crippen molar-refractivity contribution >= 4 is 23.2 Å².